The maximum atomic E-state index is 10.9. The van der Waals surface area contributed by atoms with Crippen molar-refractivity contribution in [2.75, 3.05) is 0 Å². The molecule has 0 bridgehead atoms. The second-order valence-electron chi connectivity index (χ2n) is 2.54. The monoisotopic (exact) mass is 177 g/mol. The first-order valence-electron chi connectivity index (χ1n) is 3.69. The number of furan rings is 2. The molecule has 0 unspecified atom stereocenters. The van der Waals surface area contributed by atoms with E-state index in [0.717, 1.165) is 0 Å². The highest BCUT2D eigenvalue weighted by Crippen LogP contribution is 2.24. The predicted molar refractivity (Wildman–Crippen MR) is 44.9 cm³/mol. The third-order valence-electron chi connectivity index (χ3n) is 1.71. The maximum absolute atomic E-state index is 10.9. The fraction of sp³-hybridized carbons (Fsp3) is 0. The summed E-state index contributed by atoms with van der Waals surface area (Å²) in [6.07, 6.45) is 4.41. The number of carbonyl (C=O) groups is 1. The van der Waals surface area contributed by atoms with Crippen LogP contribution in [-0.4, -0.2) is 5.91 Å². The van der Waals surface area contributed by atoms with Crippen LogP contribution >= 0.6 is 0 Å². The molecule has 0 fully saturated rings. The number of primary amides is 1. The van der Waals surface area contributed by atoms with Crippen molar-refractivity contribution in [3.05, 3.63) is 36.5 Å². The molecular formula is C9H7NO3. The molecular weight excluding hydrogens is 170 g/mol. The second kappa shape index (κ2) is 2.82. The Morgan fingerprint density at radius 3 is 2.77 bits per heavy atom. The fourth-order valence-corrected chi connectivity index (χ4v) is 1.12. The molecule has 13 heavy (non-hydrogen) atoms. The van der Waals surface area contributed by atoms with Crippen LogP contribution in [0.4, 0.5) is 0 Å². The molecule has 1 amide bonds. The number of carbonyl (C=O) groups excluding carboxylic acids is 1. The van der Waals surface area contributed by atoms with Crippen LogP contribution in [0.3, 0.4) is 0 Å². The molecule has 0 aliphatic rings. The van der Waals surface area contributed by atoms with Crippen LogP contribution in [0, 0.1) is 0 Å². The molecule has 0 saturated heterocycles. The zero-order valence-corrected chi connectivity index (χ0v) is 6.69. The molecule has 4 heteroatoms. The van der Waals surface area contributed by atoms with Crippen LogP contribution in [0.1, 0.15) is 10.4 Å². The Labute approximate surface area is 73.9 Å². The van der Waals surface area contributed by atoms with Gasteiger partial charge < -0.3 is 14.6 Å². The van der Waals surface area contributed by atoms with Crippen molar-refractivity contribution >= 4 is 5.91 Å². The van der Waals surface area contributed by atoms with E-state index in [4.69, 9.17) is 14.6 Å². The smallest absolute Gasteiger partial charge is 0.252 e. The molecule has 2 aromatic rings. The average Bonchev–Trinajstić information content (AvgIpc) is 2.74. The standard InChI is InChI=1S/C9H7NO3/c10-9(11)7-2-4-13-8(7)6-1-3-12-5-6/h1-5H,(H2,10,11). The Bertz CT molecular complexity index is 414. The highest BCUT2D eigenvalue weighted by Gasteiger charge is 2.13. The maximum Gasteiger partial charge on any atom is 0.252 e. The average molecular weight is 177 g/mol. The van der Waals surface area contributed by atoms with Gasteiger partial charge in [0.05, 0.1) is 23.7 Å². The summed E-state index contributed by atoms with van der Waals surface area (Å²) in [7, 11) is 0. The first-order chi connectivity index (χ1) is 6.29. The molecule has 2 heterocycles. The van der Waals surface area contributed by atoms with E-state index < -0.39 is 5.91 Å². The zero-order chi connectivity index (χ0) is 9.26. The van der Waals surface area contributed by atoms with Gasteiger partial charge in [-0.3, -0.25) is 4.79 Å². The molecule has 0 spiro atoms. The lowest BCUT2D eigenvalue weighted by Crippen LogP contribution is -2.10. The third-order valence-corrected chi connectivity index (χ3v) is 1.71. The van der Waals surface area contributed by atoms with Crippen LogP contribution in [0.25, 0.3) is 11.3 Å². The quantitative estimate of drug-likeness (QED) is 0.757. The molecule has 2 N–H and O–H groups in total. The summed E-state index contributed by atoms with van der Waals surface area (Å²) < 4.78 is 9.97. The highest BCUT2D eigenvalue weighted by molar-refractivity contribution is 5.98. The van der Waals surface area contributed by atoms with E-state index in [1.54, 1.807) is 6.07 Å². The van der Waals surface area contributed by atoms with Crippen molar-refractivity contribution < 1.29 is 13.6 Å². The molecule has 0 radical (unpaired) electrons. The third kappa shape index (κ3) is 1.22. The van der Waals surface area contributed by atoms with Gasteiger partial charge in [0.25, 0.3) is 5.91 Å². The molecule has 66 valence electrons. The van der Waals surface area contributed by atoms with Gasteiger partial charge >= 0.3 is 0 Å². The summed E-state index contributed by atoms with van der Waals surface area (Å²) in [6, 6.07) is 3.23. The van der Waals surface area contributed by atoms with Crippen molar-refractivity contribution in [3.8, 4) is 11.3 Å². The van der Waals surface area contributed by atoms with Gasteiger partial charge in [0, 0.05) is 0 Å². The Hall–Kier alpha value is -1.97. The van der Waals surface area contributed by atoms with Crippen LogP contribution in [0.2, 0.25) is 0 Å². The Morgan fingerprint density at radius 1 is 1.31 bits per heavy atom. The van der Waals surface area contributed by atoms with Crippen LogP contribution in [0.5, 0.6) is 0 Å². The van der Waals surface area contributed by atoms with E-state index in [1.165, 1.54) is 24.9 Å². The van der Waals surface area contributed by atoms with Gasteiger partial charge in [0.1, 0.15) is 12.0 Å². The molecule has 0 aromatic carbocycles. The molecule has 2 rings (SSSR count). The molecule has 4 nitrogen and oxygen atoms in total. The number of nitrogens with two attached hydrogens (primary N) is 1. The lowest BCUT2D eigenvalue weighted by Gasteiger charge is -1.93. The summed E-state index contributed by atoms with van der Waals surface area (Å²) >= 11 is 0. The van der Waals surface area contributed by atoms with Gasteiger partial charge in [-0.1, -0.05) is 0 Å². The minimum absolute atomic E-state index is 0.362. The van der Waals surface area contributed by atoms with Crippen molar-refractivity contribution in [3.63, 3.8) is 0 Å². The van der Waals surface area contributed by atoms with Gasteiger partial charge in [-0.2, -0.15) is 0 Å². The topological polar surface area (TPSA) is 69.4 Å². The van der Waals surface area contributed by atoms with Crippen LogP contribution < -0.4 is 5.73 Å². The van der Waals surface area contributed by atoms with Gasteiger partial charge in [-0.05, 0) is 12.1 Å². The second-order valence-corrected chi connectivity index (χ2v) is 2.54. The summed E-state index contributed by atoms with van der Waals surface area (Å²) in [6.45, 7) is 0. The Morgan fingerprint density at radius 2 is 2.15 bits per heavy atom. The fourth-order valence-electron chi connectivity index (χ4n) is 1.12. The molecule has 0 aliphatic heterocycles. The van der Waals surface area contributed by atoms with Crippen molar-refractivity contribution in [2.24, 2.45) is 5.73 Å². The zero-order valence-electron chi connectivity index (χ0n) is 6.69. The Kier molecular flexibility index (Phi) is 1.66. The van der Waals surface area contributed by atoms with E-state index in [2.05, 4.69) is 0 Å². The van der Waals surface area contributed by atoms with Crippen LogP contribution in [0.15, 0.2) is 39.8 Å². The van der Waals surface area contributed by atoms with Gasteiger partial charge in [0.2, 0.25) is 0 Å². The van der Waals surface area contributed by atoms with E-state index in [1.807, 2.05) is 0 Å². The summed E-state index contributed by atoms with van der Waals surface area (Å²) in [5.41, 5.74) is 6.21. The lowest BCUT2D eigenvalue weighted by molar-refractivity contribution is 0.100. The van der Waals surface area contributed by atoms with Crippen molar-refractivity contribution in [2.45, 2.75) is 0 Å². The van der Waals surface area contributed by atoms with E-state index in [0.29, 0.717) is 16.9 Å². The highest BCUT2D eigenvalue weighted by atomic mass is 16.3. The SMILES string of the molecule is NC(=O)c1ccoc1-c1ccoc1. The molecule has 0 saturated carbocycles. The van der Waals surface area contributed by atoms with Crippen LogP contribution in [-0.2, 0) is 0 Å². The minimum atomic E-state index is -0.509. The predicted octanol–water partition coefficient (Wildman–Crippen LogP) is 1.64. The van der Waals surface area contributed by atoms with E-state index in [-0.39, 0.29) is 0 Å². The molecule has 2 aromatic heterocycles. The summed E-state index contributed by atoms with van der Waals surface area (Å²) in [4.78, 5) is 10.9. The minimum Gasteiger partial charge on any atom is -0.472 e. The van der Waals surface area contributed by atoms with Gasteiger partial charge in [-0.15, -0.1) is 0 Å². The van der Waals surface area contributed by atoms with Crippen molar-refractivity contribution in [1.29, 1.82) is 0 Å². The molecule has 0 atom stereocenters. The summed E-state index contributed by atoms with van der Waals surface area (Å²) in [5, 5.41) is 0. The number of hydrogen-bond donors (Lipinski definition) is 1. The lowest BCUT2D eigenvalue weighted by atomic mass is 10.1. The Balaban J connectivity index is 2.52. The first kappa shape index (κ1) is 7.67. The van der Waals surface area contributed by atoms with E-state index in [9.17, 15) is 4.79 Å². The van der Waals surface area contributed by atoms with E-state index >= 15 is 0 Å². The van der Waals surface area contributed by atoms with Crippen molar-refractivity contribution in [1.82, 2.24) is 0 Å². The number of hydrogen-bond acceptors (Lipinski definition) is 3. The first-order valence-corrected chi connectivity index (χ1v) is 3.69. The number of amides is 1. The normalized spacial score (nSPS) is 10.2. The molecule has 0 aliphatic carbocycles. The number of rotatable bonds is 2. The van der Waals surface area contributed by atoms with Gasteiger partial charge in [-0.25, -0.2) is 0 Å². The largest absolute Gasteiger partial charge is 0.472 e. The summed E-state index contributed by atoms with van der Waals surface area (Å²) in [5.74, 6) is -0.0637. The van der Waals surface area contributed by atoms with Gasteiger partial charge in [0.15, 0.2) is 0 Å².